The highest BCUT2D eigenvalue weighted by molar-refractivity contribution is 5.85. The quantitative estimate of drug-likeness (QED) is 0.676. The van der Waals surface area contributed by atoms with Crippen molar-refractivity contribution in [1.29, 1.82) is 10.7 Å². The van der Waals surface area contributed by atoms with Crippen molar-refractivity contribution in [2.45, 2.75) is 5.92 Å². The Labute approximate surface area is 156 Å². The first kappa shape index (κ1) is 16.8. The van der Waals surface area contributed by atoms with Crippen LogP contribution in [0, 0.1) is 28.5 Å². The Morgan fingerprint density at radius 2 is 1.67 bits per heavy atom. The minimum atomic E-state index is -0.873. The summed E-state index contributed by atoms with van der Waals surface area (Å²) in [5.41, 5.74) is 2.79. The molecular formula is C22H16FN3O. The van der Waals surface area contributed by atoms with Gasteiger partial charge in [0.1, 0.15) is 17.5 Å². The monoisotopic (exact) mass is 357 g/mol. The van der Waals surface area contributed by atoms with Crippen molar-refractivity contribution in [3.63, 3.8) is 0 Å². The van der Waals surface area contributed by atoms with E-state index in [1.807, 2.05) is 42.5 Å². The standard InChI is InChI=1S/C22H16FN3O/c23-19-9-5-4-8-16(19)21-17-11-10-15(26-14-6-2-1-3-7-14)12-20(17)27-22(25)18(21)13-24/h1-12,18,21,25-26H. The molecule has 0 spiro atoms. The number of para-hydroxylation sites is 1. The molecular weight excluding hydrogens is 341 g/mol. The first-order chi connectivity index (χ1) is 13.2. The molecule has 3 aromatic carbocycles. The van der Waals surface area contributed by atoms with Gasteiger partial charge in [0.2, 0.25) is 5.90 Å². The highest BCUT2D eigenvalue weighted by Gasteiger charge is 2.38. The molecule has 0 saturated heterocycles. The van der Waals surface area contributed by atoms with Crippen molar-refractivity contribution in [2.75, 3.05) is 5.32 Å². The molecule has 2 atom stereocenters. The summed E-state index contributed by atoms with van der Waals surface area (Å²) < 4.78 is 20.0. The summed E-state index contributed by atoms with van der Waals surface area (Å²) in [6, 6.07) is 23.6. The van der Waals surface area contributed by atoms with E-state index in [4.69, 9.17) is 10.1 Å². The zero-order valence-electron chi connectivity index (χ0n) is 14.3. The smallest absolute Gasteiger partial charge is 0.205 e. The summed E-state index contributed by atoms with van der Waals surface area (Å²) in [5.74, 6) is -1.56. The van der Waals surface area contributed by atoms with Crippen LogP contribution in [0.25, 0.3) is 0 Å². The predicted octanol–water partition coefficient (Wildman–Crippen LogP) is 5.21. The summed E-state index contributed by atoms with van der Waals surface area (Å²) in [6.07, 6.45) is 0. The molecule has 0 amide bonds. The highest BCUT2D eigenvalue weighted by Crippen LogP contribution is 2.44. The molecule has 0 saturated carbocycles. The predicted molar refractivity (Wildman–Crippen MR) is 102 cm³/mol. The zero-order chi connectivity index (χ0) is 18.8. The third-order valence-electron chi connectivity index (χ3n) is 4.63. The number of ether oxygens (including phenoxy) is 1. The molecule has 0 fully saturated rings. The number of hydrogen-bond acceptors (Lipinski definition) is 4. The van der Waals surface area contributed by atoms with E-state index in [-0.39, 0.29) is 5.90 Å². The van der Waals surface area contributed by atoms with Crippen LogP contribution in [0.15, 0.2) is 72.8 Å². The summed E-state index contributed by atoms with van der Waals surface area (Å²) in [5, 5.41) is 21.0. The Morgan fingerprint density at radius 1 is 0.926 bits per heavy atom. The number of halogens is 1. The van der Waals surface area contributed by atoms with Gasteiger partial charge in [-0.05, 0) is 29.8 Å². The molecule has 27 heavy (non-hydrogen) atoms. The molecule has 4 nitrogen and oxygen atoms in total. The maximum Gasteiger partial charge on any atom is 0.205 e. The van der Waals surface area contributed by atoms with Crippen molar-refractivity contribution in [3.05, 3.63) is 89.7 Å². The van der Waals surface area contributed by atoms with Crippen LogP contribution in [0.5, 0.6) is 5.75 Å². The molecule has 1 heterocycles. The number of anilines is 2. The topological polar surface area (TPSA) is 68.9 Å². The molecule has 0 bridgehead atoms. The lowest BCUT2D eigenvalue weighted by molar-refractivity contribution is 0.444. The number of benzene rings is 3. The minimum Gasteiger partial charge on any atom is -0.442 e. The third-order valence-corrected chi connectivity index (χ3v) is 4.63. The normalized spacial score (nSPS) is 18.1. The second-order valence-electron chi connectivity index (χ2n) is 6.32. The maximum absolute atomic E-state index is 14.4. The second-order valence-corrected chi connectivity index (χ2v) is 6.32. The molecule has 3 aromatic rings. The number of nitriles is 1. The average molecular weight is 357 g/mol. The lowest BCUT2D eigenvalue weighted by Crippen LogP contribution is -2.31. The minimum absolute atomic E-state index is 0.171. The largest absolute Gasteiger partial charge is 0.442 e. The van der Waals surface area contributed by atoms with Gasteiger partial charge in [0.25, 0.3) is 0 Å². The van der Waals surface area contributed by atoms with Gasteiger partial charge < -0.3 is 10.1 Å². The fraction of sp³-hybridized carbons (Fsp3) is 0.0909. The molecule has 0 aliphatic carbocycles. The van der Waals surface area contributed by atoms with Crippen LogP contribution in [0.3, 0.4) is 0 Å². The van der Waals surface area contributed by atoms with Crippen molar-refractivity contribution in [2.24, 2.45) is 5.92 Å². The van der Waals surface area contributed by atoms with Crippen LogP contribution in [0.1, 0.15) is 17.0 Å². The van der Waals surface area contributed by atoms with E-state index in [0.717, 1.165) is 11.4 Å². The number of rotatable bonds is 3. The van der Waals surface area contributed by atoms with E-state index < -0.39 is 17.7 Å². The molecule has 0 aromatic heterocycles. The molecule has 1 aliphatic heterocycles. The molecule has 132 valence electrons. The van der Waals surface area contributed by atoms with Crippen LogP contribution in [-0.4, -0.2) is 5.90 Å². The van der Waals surface area contributed by atoms with Gasteiger partial charge in [0, 0.05) is 28.9 Å². The molecule has 4 rings (SSSR count). The molecule has 5 heteroatoms. The second kappa shape index (κ2) is 6.93. The molecule has 2 unspecified atom stereocenters. The first-order valence-electron chi connectivity index (χ1n) is 8.53. The van der Waals surface area contributed by atoms with E-state index in [2.05, 4.69) is 11.4 Å². The van der Waals surface area contributed by atoms with Gasteiger partial charge in [-0.3, -0.25) is 5.41 Å². The Bertz CT molecular complexity index is 1040. The van der Waals surface area contributed by atoms with Gasteiger partial charge in [-0.25, -0.2) is 4.39 Å². The number of nitrogens with one attached hydrogen (secondary N) is 2. The van der Waals surface area contributed by atoms with Crippen molar-refractivity contribution < 1.29 is 9.13 Å². The highest BCUT2D eigenvalue weighted by atomic mass is 19.1. The van der Waals surface area contributed by atoms with Crippen LogP contribution < -0.4 is 10.1 Å². The van der Waals surface area contributed by atoms with E-state index in [1.54, 1.807) is 24.3 Å². The summed E-state index contributed by atoms with van der Waals surface area (Å²) in [7, 11) is 0. The summed E-state index contributed by atoms with van der Waals surface area (Å²) in [6.45, 7) is 0. The Balaban J connectivity index is 1.77. The van der Waals surface area contributed by atoms with Gasteiger partial charge in [0.05, 0.1) is 6.07 Å². The number of nitrogens with zero attached hydrogens (tertiary/aromatic N) is 1. The van der Waals surface area contributed by atoms with Crippen molar-refractivity contribution in [3.8, 4) is 11.8 Å². The third kappa shape index (κ3) is 3.13. The lowest BCUT2D eigenvalue weighted by atomic mass is 9.79. The van der Waals surface area contributed by atoms with Gasteiger partial charge in [0.15, 0.2) is 0 Å². The fourth-order valence-corrected chi connectivity index (χ4v) is 3.37. The molecule has 1 aliphatic rings. The number of fused-ring (bicyclic) bond motifs is 1. The van der Waals surface area contributed by atoms with Crippen LogP contribution in [-0.2, 0) is 0 Å². The first-order valence-corrected chi connectivity index (χ1v) is 8.53. The van der Waals surface area contributed by atoms with E-state index in [1.165, 1.54) is 6.07 Å². The van der Waals surface area contributed by atoms with Gasteiger partial charge in [-0.15, -0.1) is 0 Å². The summed E-state index contributed by atoms with van der Waals surface area (Å²) in [4.78, 5) is 0. The zero-order valence-corrected chi connectivity index (χ0v) is 14.3. The van der Waals surface area contributed by atoms with E-state index in [9.17, 15) is 9.65 Å². The van der Waals surface area contributed by atoms with E-state index >= 15 is 0 Å². The van der Waals surface area contributed by atoms with E-state index in [0.29, 0.717) is 16.9 Å². The number of hydrogen-bond donors (Lipinski definition) is 2. The summed E-state index contributed by atoms with van der Waals surface area (Å²) >= 11 is 0. The van der Waals surface area contributed by atoms with Gasteiger partial charge in [-0.2, -0.15) is 5.26 Å². The maximum atomic E-state index is 14.4. The van der Waals surface area contributed by atoms with Crippen molar-refractivity contribution in [1.82, 2.24) is 0 Å². The SMILES string of the molecule is N#CC1C(=N)Oc2cc(Nc3ccccc3)ccc2C1c1ccccc1F. The van der Waals surface area contributed by atoms with Crippen LogP contribution in [0.2, 0.25) is 0 Å². The van der Waals surface area contributed by atoms with Gasteiger partial charge >= 0.3 is 0 Å². The Kier molecular flexibility index (Phi) is 4.31. The average Bonchev–Trinajstić information content (AvgIpc) is 2.68. The van der Waals surface area contributed by atoms with Crippen molar-refractivity contribution >= 4 is 17.3 Å². The van der Waals surface area contributed by atoms with Crippen LogP contribution >= 0.6 is 0 Å². The van der Waals surface area contributed by atoms with Crippen LogP contribution in [0.4, 0.5) is 15.8 Å². The Morgan fingerprint density at radius 3 is 2.41 bits per heavy atom. The molecule has 0 radical (unpaired) electrons. The fourth-order valence-electron chi connectivity index (χ4n) is 3.37. The lowest BCUT2D eigenvalue weighted by Gasteiger charge is -2.30. The van der Waals surface area contributed by atoms with Gasteiger partial charge in [-0.1, -0.05) is 42.5 Å². The molecule has 2 N–H and O–H groups in total. The Hall–Kier alpha value is -3.65.